The van der Waals surface area contributed by atoms with Crippen LogP contribution in [-0.2, 0) is 9.59 Å². The van der Waals surface area contributed by atoms with Crippen LogP contribution in [0.5, 0.6) is 5.75 Å². The molecule has 7 heteroatoms. The number of amides is 2. The van der Waals surface area contributed by atoms with Crippen molar-refractivity contribution in [2.75, 3.05) is 18.1 Å². The Labute approximate surface area is 120 Å². The second-order valence-corrected chi connectivity index (χ2v) is 5.05. The lowest BCUT2D eigenvalue weighted by atomic mass is 10.1. The number of primary amides is 1. The molecule has 1 aliphatic heterocycles. The largest absolute Gasteiger partial charge is 0.482 e. The molecule has 0 saturated heterocycles. The van der Waals surface area contributed by atoms with Crippen LogP contribution in [0.4, 0.5) is 5.69 Å². The summed E-state index contributed by atoms with van der Waals surface area (Å²) in [5.74, 6) is -0.885. The number of hydrogen-bond acceptors (Lipinski definition) is 4. The topological polar surface area (TPSA) is 89.7 Å². The summed E-state index contributed by atoms with van der Waals surface area (Å²) in [5.41, 5.74) is 5.82. The molecule has 20 heavy (non-hydrogen) atoms. The number of carbonyl (C=O) groups excluding carboxylic acids is 3. The molecule has 2 amide bonds. The fourth-order valence-electron chi connectivity index (χ4n) is 1.91. The number of alkyl halides is 1. The average molecular weight is 297 g/mol. The van der Waals surface area contributed by atoms with Crippen LogP contribution >= 0.6 is 11.6 Å². The maximum atomic E-state index is 11.9. The summed E-state index contributed by atoms with van der Waals surface area (Å²) >= 11 is 5.76. The van der Waals surface area contributed by atoms with E-state index in [4.69, 9.17) is 22.1 Å². The quantitative estimate of drug-likeness (QED) is 0.654. The first-order chi connectivity index (χ1) is 9.40. The third kappa shape index (κ3) is 2.75. The van der Waals surface area contributed by atoms with Gasteiger partial charge < -0.3 is 10.5 Å². The number of ketones is 1. The Morgan fingerprint density at radius 2 is 2.20 bits per heavy atom. The van der Waals surface area contributed by atoms with Crippen molar-refractivity contribution in [1.82, 2.24) is 0 Å². The predicted molar refractivity (Wildman–Crippen MR) is 73.1 cm³/mol. The molecule has 2 N–H and O–H groups in total. The van der Waals surface area contributed by atoms with Crippen LogP contribution in [0.3, 0.4) is 0 Å². The number of halogens is 1. The van der Waals surface area contributed by atoms with Gasteiger partial charge in [0.05, 0.1) is 11.1 Å². The molecule has 6 nitrogen and oxygen atoms in total. The molecule has 1 unspecified atom stereocenters. The third-order valence-electron chi connectivity index (χ3n) is 2.86. The summed E-state index contributed by atoms with van der Waals surface area (Å²) in [5, 5.41) is -0.683. The highest BCUT2D eigenvalue weighted by molar-refractivity contribution is 6.33. The molecule has 0 saturated carbocycles. The fourth-order valence-corrected chi connectivity index (χ4v) is 2.04. The lowest BCUT2D eigenvalue weighted by Gasteiger charge is -2.28. The Morgan fingerprint density at radius 3 is 2.80 bits per heavy atom. The van der Waals surface area contributed by atoms with Gasteiger partial charge >= 0.3 is 0 Å². The summed E-state index contributed by atoms with van der Waals surface area (Å²) in [6, 6.07) is 4.62. The molecule has 0 radical (unpaired) electrons. The van der Waals surface area contributed by atoms with E-state index in [-0.39, 0.29) is 24.8 Å². The van der Waals surface area contributed by atoms with Crippen molar-refractivity contribution in [3.63, 3.8) is 0 Å². The van der Waals surface area contributed by atoms with E-state index in [2.05, 4.69) is 0 Å². The Bertz CT molecular complexity index is 586. The van der Waals surface area contributed by atoms with E-state index in [1.165, 1.54) is 11.0 Å². The van der Waals surface area contributed by atoms with Gasteiger partial charge in [-0.25, -0.2) is 0 Å². The van der Waals surface area contributed by atoms with Gasteiger partial charge in [-0.05, 0) is 25.1 Å². The normalized spacial score (nSPS) is 15.3. The smallest absolute Gasteiger partial charge is 0.265 e. The van der Waals surface area contributed by atoms with Crippen LogP contribution in [0.2, 0.25) is 0 Å². The minimum atomic E-state index is -0.683. The first kappa shape index (κ1) is 14.3. The zero-order valence-corrected chi connectivity index (χ0v) is 11.5. The molecule has 0 aliphatic carbocycles. The zero-order valence-electron chi connectivity index (χ0n) is 10.8. The van der Waals surface area contributed by atoms with E-state index < -0.39 is 11.3 Å². The zero-order chi connectivity index (χ0) is 14.9. The van der Waals surface area contributed by atoms with Gasteiger partial charge in [-0.3, -0.25) is 19.3 Å². The van der Waals surface area contributed by atoms with Gasteiger partial charge in [0.2, 0.25) is 5.91 Å². The number of Topliss-reactive ketones (excluding diaryl/α,β-unsaturated/α-hetero) is 1. The van der Waals surface area contributed by atoms with Crippen molar-refractivity contribution in [2.45, 2.75) is 12.3 Å². The highest BCUT2D eigenvalue weighted by Crippen LogP contribution is 2.33. The number of nitrogens with two attached hydrogens (primary N) is 1. The Balaban J connectivity index is 2.43. The van der Waals surface area contributed by atoms with Gasteiger partial charge in [0.15, 0.2) is 12.4 Å². The second-order valence-electron chi connectivity index (χ2n) is 4.40. The van der Waals surface area contributed by atoms with E-state index in [0.717, 1.165) is 0 Å². The van der Waals surface area contributed by atoms with Gasteiger partial charge in [-0.2, -0.15) is 0 Å². The first-order valence-electron chi connectivity index (χ1n) is 5.94. The SMILES string of the molecule is CC(Cl)C(=O)c1ccc2c(c1)N(CC(N)=O)C(=O)CO2. The van der Waals surface area contributed by atoms with Gasteiger partial charge in [0.25, 0.3) is 5.91 Å². The average Bonchev–Trinajstić information content (AvgIpc) is 2.40. The van der Waals surface area contributed by atoms with Crippen LogP contribution < -0.4 is 15.4 Å². The molecule has 0 bridgehead atoms. The monoisotopic (exact) mass is 296 g/mol. The number of hydrogen-bond donors (Lipinski definition) is 1. The molecular formula is C13H13ClN2O4. The Kier molecular flexibility index (Phi) is 3.94. The number of benzene rings is 1. The van der Waals surface area contributed by atoms with Crippen LogP contribution in [0, 0.1) is 0 Å². The minimum absolute atomic E-state index is 0.167. The van der Waals surface area contributed by atoms with Gasteiger partial charge in [-0.1, -0.05) is 0 Å². The highest BCUT2D eigenvalue weighted by atomic mass is 35.5. The second kappa shape index (κ2) is 5.50. The predicted octanol–water partition coefficient (Wildman–Crippen LogP) is 0.707. The molecule has 1 aromatic rings. The summed E-state index contributed by atoms with van der Waals surface area (Å²) < 4.78 is 5.26. The summed E-state index contributed by atoms with van der Waals surface area (Å²) in [6.07, 6.45) is 0. The van der Waals surface area contributed by atoms with Crippen molar-refractivity contribution in [3.05, 3.63) is 23.8 Å². The number of anilines is 1. The first-order valence-corrected chi connectivity index (χ1v) is 6.37. The molecule has 1 atom stereocenters. The van der Waals surface area contributed by atoms with E-state index in [0.29, 0.717) is 17.0 Å². The molecule has 1 aliphatic rings. The van der Waals surface area contributed by atoms with E-state index in [1.54, 1.807) is 19.1 Å². The molecule has 0 spiro atoms. The van der Waals surface area contributed by atoms with Crippen LogP contribution in [-0.4, -0.2) is 36.1 Å². The molecule has 106 valence electrons. The van der Waals surface area contributed by atoms with E-state index in [9.17, 15) is 14.4 Å². The molecule has 2 rings (SSSR count). The van der Waals surface area contributed by atoms with Crippen LogP contribution in [0.25, 0.3) is 0 Å². The number of rotatable bonds is 4. The summed E-state index contributed by atoms with van der Waals surface area (Å²) in [6.45, 7) is 1.13. The van der Waals surface area contributed by atoms with Crippen molar-refractivity contribution < 1.29 is 19.1 Å². The Hall–Kier alpha value is -2.08. The minimum Gasteiger partial charge on any atom is -0.482 e. The van der Waals surface area contributed by atoms with Gasteiger partial charge in [0, 0.05) is 5.56 Å². The molecule has 1 aromatic carbocycles. The summed E-state index contributed by atoms with van der Waals surface area (Å²) in [4.78, 5) is 35.9. The maximum Gasteiger partial charge on any atom is 0.265 e. The van der Waals surface area contributed by atoms with Gasteiger partial charge in [-0.15, -0.1) is 11.6 Å². The molecule has 0 fully saturated rings. The van der Waals surface area contributed by atoms with Gasteiger partial charge in [0.1, 0.15) is 12.3 Å². The standard InChI is InChI=1S/C13H13ClN2O4/c1-7(14)13(19)8-2-3-10-9(4-8)16(5-11(15)17)12(18)6-20-10/h2-4,7H,5-6H2,1H3,(H2,15,17). The fraction of sp³-hybridized carbons (Fsp3) is 0.308. The number of fused-ring (bicyclic) bond motifs is 1. The summed E-state index contributed by atoms with van der Waals surface area (Å²) in [7, 11) is 0. The van der Waals surface area contributed by atoms with E-state index in [1.807, 2.05) is 0 Å². The van der Waals surface area contributed by atoms with Crippen molar-refractivity contribution in [1.29, 1.82) is 0 Å². The number of nitrogens with zero attached hydrogens (tertiary/aromatic N) is 1. The third-order valence-corrected chi connectivity index (χ3v) is 3.06. The molecule has 0 aromatic heterocycles. The van der Waals surface area contributed by atoms with Crippen molar-refractivity contribution in [2.24, 2.45) is 5.73 Å². The lowest BCUT2D eigenvalue weighted by Crippen LogP contribution is -2.43. The number of carbonyl (C=O) groups is 3. The lowest BCUT2D eigenvalue weighted by molar-refractivity contribution is -0.124. The highest BCUT2D eigenvalue weighted by Gasteiger charge is 2.28. The van der Waals surface area contributed by atoms with Crippen molar-refractivity contribution in [3.8, 4) is 5.75 Å². The Morgan fingerprint density at radius 1 is 1.50 bits per heavy atom. The molecule has 1 heterocycles. The van der Waals surface area contributed by atoms with Crippen molar-refractivity contribution >= 4 is 34.9 Å². The van der Waals surface area contributed by atoms with Crippen LogP contribution in [0.1, 0.15) is 17.3 Å². The number of ether oxygens (including phenoxy) is 1. The molecular weight excluding hydrogens is 284 g/mol. The van der Waals surface area contributed by atoms with Crippen LogP contribution in [0.15, 0.2) is 18.2 Å². The van der Waals surface area contributed by atoms with E-state index >= 15 is 0 Å². The maximum absolute atomic E-state index is 11.9.